The third-order valence-corrected chi connectivity index (χ3v) is 9.15. The molecule has 4 rings (SSSR count). The molecule has 10 atom stereocenters. The fraction of sp³-hybridized carbons (Fsp3) is 0.550. The van der Waals surface area contributed by atoms with Gasteiger partial charge in [0.25, 0.3) is 23.1 Å². The second-order valence-electron chi connectivity index (χ2n) is 14.6. The number of aromatic nitrogens is 4. The van der Waals surface area contributed by atoms with Crippen molar-refractivity contribution in [2.45, 2.75) is 117 Å². The van der Waals surface area contributed by atoms with Gasteiger partial charge in [0.2, 0.25) is 0 Å². The van der Waals surface area contributed by atoms with Crippen LogP contribution in [0.4, 0.5) is 23.0 Å². The molecule has 30 heteroatoms. The molecule has 0 aliphatic carbocycles. The van der Waals surface area contributed by atoms with Crippen LogP contribution in [0.5, 0.6) is 12.0 Å². The molecule has 4 heterocycles. The molecule has 2 aromatic rings. The van der Waals surface area contributed by atoms with Gasteiger partial charge in [0, 0.05) is 67.8 Å². The van der Waals surface area contributed by atoms with Crippen molar-refractivity contribution in [3.63, 3.8) is 0 Å². The van der Waals surface area contributed by atoms with E-state index >= 15 is 0 Å². The Morgan fingerprint density at radius 1 is 0.500 bits per heavy atom. The van der Waals surface area contributed by atoms with Crippen LogP contribution in [-0.2, 0) is 85.7 Å². The van der Waals surface area contributed by atoms with Crippen LogP contribution >= 0.6 is 0 Å². The molecule has 70 heavy (non-hydrogen) atoms. The Morgan fingerprint density at radius 2 is 0.800 bits per heavy atom. The standard InChI is InChI=1S/C40H50N8O22/c1-15(49)61-13-23-27(63-17(3)51)29(65-19(5)53)31(67-21(7)55)37(69-23)43-33-25(35(57)47-39(45-33)59-9)41-11-12-42-26-34(46-40(60-10)48-36(26)58)44-38-32(68-22(8)56)30(66-20(6)54)28(64-18(4)52)24(70-38)14-62-16(2)50/h11-12,23-24,27-32,37-38H,13-14H2,1-10H3,(H2,43,45,47,57)(H2,44,46,48,58)/t23-,24-,27+,28+,29+,30+,31-,32+,37-,38-/m1/s1. The predicted octanol–water partition coefficient (Wildman–Crippen LogP) is -1.03. The van der Waals surface area contributed by atoms with E-state index in [0.717, 1.165) is 67.8 Å². The summed E-state index contributed by atoms with van der Waals surface area (Å²) >= 11 is 0. The molecule has 0 aromatic carbocycles. The van der Waals surface area contributed by atoms with Gasteiger partial charge in [-0.1, -0.05) is 0 Å². The van der Waals surface area contributed by atoms with Crippen LogP contribution < -0.4 is 31.2 Å². The van der Waals surface area contributed by atoms with E-state index in [-0.39, 0.29) is 12.0 Å². The molecule has 4 N–H and O–H groups in total. The Balaban J connectivity index is 1.80. The highest BCUT2D eigenvalue weighted by Gasteiger charge is 2.54. The smallest absolute Gasteiger partial charge is 0.303 e. The largest absolute Gasteiger partial charge is 0.468 e. The third kappa shape index (κ3) is 15.2. The zero-order chi connectivity index (χ0) is 52.0. The van der Waals surface area contributed by atoms with Crippen molar-refractivity contribution in [1.29, 1.82) is 0 Å². The van der Waals surface area contributed by atoms with Crippen LogP contribution in [0.3, 0.4) is 0 Å². The van der Waals surface area contributed by atoms with Gasteiger partial charge in [-0.05, 0) is 0 Å². The minimum atomic E-state index is -1.65. The van der Waals surface area contributed by atoms with Crippen LogP contribution in [0, 0.1) is 0 Å². The Bertz CT molecular complexity index is 2310. The quantitative estimate of drug-likeness (QED) is 0.0742. The van der Waals surface area contributed by atoms with Crippen molar-refractivity contribution < 1.29 is 95.2 Å². The summed E-state index contributed by atoms with van der Waals surface area (Å²) in [4.78, 5) is 146. The second-order valence-corrected chi connectivity index (χ2v) is 14.6. The van der Waals surface area contributed by atoms with Crippen molar-refractivity contribution in [3.8, 4) is 12.0 Å². The molecule has 2 saturated heterocycles. The molecule has 2 aromatic heterocycles. The van der Waals surface area contributed by atoms with Crippen molar-refractivity contribution in [2.75, 3.05) is 38.1 Å². The average molecular weight is 995 g/mol. The van der Waals surface area contributed by atoms with Gasteiger partial charge < -0.3 is 67.5 Å². The number of aromatic amines is 2. The first-order valence-corrected chi connectivity index (χ1v) is 20.6. The number of methoxy groups -OCH3 is 2. The highest BCUT2D eigenvalue weighted by molar-refractivity contribution is 6.17. The van der Waals surface area contributed by atoms with Crippen LogP contribution in [-0.4, -0.2) is 169 Å². The highest BCUT2D eigenvalue weighted by Crippen LogP contribution is 2.33. The molecule has 0 amide bonds. The lowest BCUT2D eigenvalue weighted by Crippen LogP contribution is -2.64. The van der Waals surface area contributed by atoms with Crippen molar-refractivity contribution >= 4 is 83.2 Å². The van der Waals surface area contributed by atoms with Gasteiger partial charge in [-0.25, -0.2) is 9.98 Å². The van der Waals surface area contributed by atoms with E-state index in [1.165, 1.54) is 14.2 Å². The summed E-state index contributed by atoms with van der Waals surface area (Å²) in [5.74, 6) is -7.80. The number of nitrogens with zero attached hydrogens (tertiary/aromatic N) is 4. The van der Waals surface area contributed by atoms with E-state index in [1.54, 1.807) is 0 Å². The molecule has 0 unspecified atom stereocenters. The number of hydrogen-bond donors (Lipinski definition) is 4. The first-order chi connectivity index (χ1) is 33.0. The molecule has 0 radical (unpaired) electrons. The molecular weight excluding hydrogens is 944 g/mol. The molecule has 0 saturated carbocycles. The lowest BCUT2D eigenvalue weighted by molar-refractivity contribution is -0.247. The first kappa shape index (κ1) is 54.6. The van der Waals surface area contributed by atoms with Crippen molar-refractivity contribution in [1.82, 2.24) is 19.9 Å². The number of ether oxygens (including phenoxy) is 12. The van der Waals surface area contributed by atoms with E-state index in [1.807, 2.05) is 0 Å². The summed E-state index contributed by atoms with van der Waals surface area (Å²) in [7, 11) is 2.33. The summed E-state index contributed by atoms with van der Waals surface area (Å²) in [5, 5.41) is 5.50. The number of anilines is 2. The van der Waals surface area contributed by atoms with Crippen LogP contribution in [0.2, 0.25) is 0 Å². The summed E-state index contributed by atoms with van der Waals surface area (Å²) in [5.41, 5.74) is -2.98. The summed E-state index contributed by atoms with van der Waals surface area (Å²) in [6.45, 7) is 7.20. The van der Waals surface area contributed by atoms with Crippen molar-refractivity contribution in [2.24, 2.45) is 9.98 Å². The van der Waals surface area contributed by atoms with Gasteiger partial charge in [-0.3, -0.25) is 57.9 Å². The van der Waals surface area contributed by atoms with Gasteiger partial charge >= 0.3 is 47.8 Å². The van der Waals surface area contributed by atoms with Crippen LogP contribution in [0.15, 0.2) is 19.6 Å². The van der Waals surface area contributed by atoms with E-state index in [0.29, 0.717) is 0 Å². The number of esters is 8. The second kappa shape index (κ2) is 24.8. The van der Waals surface area contributed by atoms with E-state index in [4.69, 9.17) is 56.8 Å². The molecule has 0 spiro atoms. The number of aliphatic imine (C=N–C) groups is 2. The van der Waals surface area contributed by atoms with Gasteiger partial charge in [-0.2, -0.15) is 9.97 Å². The van der Waals surface area contributed by atoms with Gasteiger partial charge in [0.05, 0.1) is 14.2 Å². The molecular formula is C40H50N8O22. The van der Waals surface area contributed by atoms with Crippen LogP contribution in [0.25, 0.3) is 0 Å². The molecule has 2 fully saturated rings. The topological polar surface area (TPSA) is 388 Å². The maximum absolute atomic E-state index is 13.5. The minimum absolute atomic E-state index is 0.375. The predicted molar refractivity (Wildman–Crippen MR) is 230 cm³/mol. The van der Waals surface area contributed by atoms with E-state index in [9.17, 15) is 47.9 Å². The normalized spacial score (nSPS) is 24.0. The van der Waals surface area contributed by atoms with Crippen molar-refractivity contribution in [3.05, 3.63) is 20.7 Å². The zero-order valence-corrected chi connectivity index (χ0v) is 39.1. The van der Waals surface area contributed by atoms with E-state index < -0.39 is 156 Å². The average Bonchev–Trinajstić information content (AvgIpc) is 3.25. The number of hydrogen-bond acceptors (Lipinski definition) is 28. The molecule has 2 aliphatic rings. The molecule has 382 valence electrons. The minimum Gasteiger partial charge on any atom is -0.468 e. The molecule has 2 aliphatic heterocycles. The number of carbonyl (C=O) groups is 8. The Kier molecular flexibility index (Phi) is 19.4. The lowest BCUT2D eigenvalue weighted by atomic mass is 9.97. The number of carbonyl (C=O) groups excluding carboxylic acids is 8. The van der Waals surface area contributed by atoms with Gasteiger partial charge in [0.1, 0.15) is 25.4 Å². The number of H-pyrrole nitrogens is 2. The molecule has 0 bridgehead atoms. The lowest BCUT2D eigenvalue weighted by Gasteiger charge is -2.44. The van der Waals surface area contributed by atoms with Gasteiger partial charge in [0.15, 0.2) is 72.1 Å². The van der Waals surface area contributed by atoms with Gasteiger partial charge in [-0.15, -0.1) is 0 Å². The zero-order valence-electron chi connectivity index (χ0n) is 39.1. The maximum Gasteiger partial charge on any atom is 0.303 e. The highest BCUT2D eigenvalue weighted by atomic mass is 16.7. The molecule has 30 nitrogen and oxygen atoms in total. The third-order valence-electron chi connectivity index (χ3n) is 9.15. The number of rotatable bonds is 19. The first-order valence-electron chi connectivity index (χ1n) is 20.6. The summed E-state index contributed by atoms with van der Waals surface area (Å²) < 4.78 is 65.3. The maximum atomic E-state index is 13.5. The van der Waals surface area contributed by atoms with E-state index in [2.05, 4.69) is 40.6 Å². The summed E-state index contributed by atoms with van der Waals surface area (Å²) in [6, 6.07) is -0.751. The fourth-order valence-electron chi connectivity index (χ4n) is 6.70. The SMILES string of the molecule is COc1nc(N[C@@H]2O[C@H](COC(C)=O)[C@H](OC(C)=O)[C@H](OC(C)=O)[C@H]2OC(C)=O)c(N=CC=Nc2c(N[C@@H]3O[C@H](COC(C)=O)[C@H](OC(C)=O)[C@H](OC(C)=O)[C@@H]3OC(C)=O)nc(OC)[nH]c2=O)c(=O)[nH]1. The fourth-order valence-corrected chi connectivity index (χ4v) is 6.70. The Labute approximate surface area is 395 Å². The summed E-state index contributed by atoms with van der Waals surface area (Å²) in [6.07, 6.45) is -13.7. The monoisotopic (exact) mass is 994 g/mol. The Morgan fingerprint density at radius 3 is 1.09 bits per heavy atom. The van der Waals surface area contributed by atoms with Crippen LogP contribution in [0.1, 0.15) is 55.4 Å². The Hall–Kier alpha value is -8.02. The number of nitrogens with one attached hydrogen (secondary N) is 4.